The Labute approximate surface area is 204 Å². The zero-order chi connectivity index (χ0) is 24.6. The van der Waals surface area contributed by atoms with E-state index >= 15 is 0 Å². The van der Waals surface area contributed by atoms with Gasteiger partial charge in [-0.25, -0.2) is 9.37 Å². The molecule has 5 aromatic heterocycles. The lowest BCUT2D eigenvalue weighted by molar-refractivity contribution is -0.115. The molecule has 6 aromatic rings. The number of nitrogens with one attached hydrogen (secondary N) is 3. The Kier molecular flexibility index (Phi) is 5.22. The fraction of sp³-hybridized carbons (Fsp3) is 0.0741. The summed E-state index contributed by atoms with van der Waals surface area (Å²) >= 11 is 0. The van der Waals surface area contributed by atoms with Gasteiger partial charge in [0.1, 0.15) is 17.2 Å². The number of nitrogens with zero attached hydrogens (tertiary/aromatic N) is 4. The average Bonchev–Trinajstić information content (AvgIpc) is 3.52. The van der Waals surface area contributed by atoms with Gasteiger partial charge in [0.15, 0.2) is 0 Å². The van der Waals surface area contributed by atoms with Crippen LogP contribution >= 0.6 is 0 Å². The van der Waals surface area contributed by atoms with Crippen LogP contribution in [0.25, 0.3) is 55.7 Å². The number of hydrogen-bond donors (Lipinski definition) is 3. The highest BCUT2D eigenvalue weighted by atomic mass is 19.1. The predicted molar refractivity (Wildman–Crippen MR) is 137 cm³/mol. The number of H-pyrrole nitrogens is 2. The fourth-order valence-corrected chi connectivity index (χ4v) is 4.25. The molecule has 8 nitrogen and oxygen atoms in total. The van der Waals surface area contributed by atoms with Gasteiger partial charge in [-0.1, -0.05) is 25.1 Å². The summed E-state index contributed by atoms with van der Waals surface area (Å²) in [6.45, 7) is 1.79. The van der Waals surface area contributed by atoms with Crippen LogP contribution in [0.2, 0.25) is 0 Å². The van der Waals surface area contributed by atoms with E-state index in [2.05, 4.69) is 35.5 Å². The monoisotopic (exact) mass is 477 g/mol. The maximum Gasteiger partial charge on any atom is 0.224 e. The van der Waals surface area contributed by atoms with Crippen LogP contribution in [0, 0.1) is 5.82 Å². The van der Waals surface area contributed by atoms with E-state index in [-0.39, 0.29) is 11.7 Å². The number of carbonyl (C=O) groups is 1. The molecular formula is C27H20FN7O. The van der Waals surface area contributed by atoms with E-state index in [1.54, 1.807) is 49.9 Å². The van der Waals surface area contributed by atoms with Crippen LogP contribution in [0.15, 0.2) is 73.3 Å². The van der Waals surface area contributed by atoms with E-state index in [1.807, 2.05) is 24.3 Å². The van der Waals surface area contributed by atoms with E-state index < -0.39 is 0 Å². The molecule has 0 saturated carbocycles. The number of pyridine rings is 3. The number of amides is 1. The van der Waals surface area contributed by atoms with Crippen molar-refractivity contribution in [3.05, 3.63) is 79.1 Å². The van der Waals surface area contributed by atoms with Gasteiger partial charge in [0.05, 0.1) is 35.0 Å². The Hall–Kier alpha value is -4.92. The molecule has 0 aliphatic rings. The largest absolute Gasteiger partial charge is 0.338 e. The van der Waals surface area contributed by atoms with Crippen LogP contribution in [-0.2, 0) is 4.79 Å². The highest BCUT2D eigenvalue weighted by Crippen LogP contribution is 2.34. The summed E-state index contributed by atoms with van der Waals surface area (Å²) in [6.07, 6.45) is 7.05. The fourth-order valence-electron chi connectivity index (χ4n) is 4.25. The van der Waals surface area contributed by atoms with Crippen molar-refractivity contribution in [3.63, 3.8) is 0 Å². The SMILES string of the molecule is CCC(=O)Nc1cncc(-c2cc3c(-c4cc5c(-c6ccccc6F)ccnc5[nH]4)n[nH]c3cn2)c1. The summed E-state index contributed by atoms with van der Waals surface area (Å²) in [7, 11) is 0. The third kappa shape index (κ3) is 3.76. The average molecular weight is 478 g/mol. The highest BCUT2D eigenvalue weighted by Gasteiger charge is 2.16. The standard InChI is InChI=1S/C27H20FN7O/c1-2-25(36)32-16-9-15(12-29-13-16)22-11-20-24(14-31-22)34-35-26(20)23-10-19-17(7-8-30-27(19)33-23)18-5-3-4-6-21(18)28/h3-14H,2H2,1H3,(H,30,33)(H,32,36)(H,34,35). The summed E-state index contributed by atoms with van der Waals surface area (Å²) in [6, 6.07) is 14.2. The number of anilines is 1. The zero-order valence-electron chi connectivity index (χ0n) is 19.2. The van der Waals surface area contributed by atoms with Crippen LogP contribution < -0.4 is 5.32 Å². The molecule has 0 unspecified atom stereocenters. The maximum absolute atomic E-state index is 14.5. The number of carbonyl (C=O) groups excluding carboxylic acids is 1. The van der Waals surface area contributed by atoms with Gasteiger partial charge >= 0.3 is 0 Å². The molecule has 3 N–H and O–H groups in total. The second-order valence-corrected chi connectivity index (χ2v) is 8.34. The van der Waals surface area contributed by atoms with E-state index in [4.69, 9.17) is 0 Å². The molecule has 0 saturated heterocycles. The number of benzene rings is 1. The van der Waals surface area contributed by atoms with Crippen LogP contribution in [-0.4, -0.2) is 36.0 Å². The van der Waals surface area contributed by atoms with Gasteiger partial charge < -0.3 is 10.3 Å². The second kappa shape index (κ2) is 8.70. The minimum Gasteiger partial charge on any atom is -0.338 e. The molecule has 0 aliphatic heterocycles. The molecule has 0 fully saturated rings. The van der Waals surface area contributed by atoms with Crippen LogP contribution in [0.1, 0.15) is 13.3 Å². The van der Waals surface area contributed by atoms with Gasteiger partial charge in [-0.3, -0.25) is 19.9 Å². The Balaban J connectivity index is 1.44. The summed E-state index contributed by atoms with van der Waals surface area (Å²) in [5.74, 6) is -0.378. The van der Waals surface area contributed by atoms with Gasteiger partial charge in [0.25, 0.3) is 0 Å². The molecule has 9 heteroatoms. The van der Waals surface area contributed by atoms with Crippen LogP contribution in [0.4, 0.5) is 10.1 Å². The molecule has 1 aromatic carbocycles. The molecule has 5 heterocycles. The quantitative estimate of drug-likeness (QED) is 0.294. The first-order valence-electron chi connectivity index (χ1n) is 11.4. The molecule has 6 rings (SSSR count). The molecule has 0 bridgehead atoms. The lowest BCUT2D eigenvalue weighted by Crippen LogP contribution is -2.09. The molecule has 0 aliphatic carbocycles. The molecule has 0 atom stereocenters. The number of hydrogen-bond acceptors (Lipinski definition) is 5. The van der Waals surface area contributed by atoms with Gasteiger partial charge in [-0.05, 0) is 35.9 Å². The summed E-state index contributed by atoms with van der Waals surface area (Å²) in [5.41, 5.74) is 6.15. The molecule has 176 valence electrons. The number of aromatic amines is 2. The third-order valence-corrected chi connectivity index (χ3v) is 6.04. The number of rotatable bonds is 5. The lowest BCUT2D eigenvalue weighted by atomic mass is 10.0. The third-order valence-electron chi connectivity index (χ3n) is 6.04. The number of halogens is 1. The maximum atomic E-state index is 14.5. The highest BCUT2D eigenvalue weighted by molar-refractivity contribution is 6.00. The first kappa shape index (κ1) is 21.6. The molecule has 1 amide bonds. The minimum absolute atomic E-state index is 0.0864. The molecule has 0 spiro atoms. The first-order chi connectivity index (χ1) is 17.6. The van der Waals surface area contributed by atoms with E-state index in [0.29, 0.717) is 34.7 Å². The normalized spacial score (nSPS) is 11.3. The first-order valence-corrected chi connectivity index (χ1v) is 11.4. The van der Waals surface area contributed by atoms with Crippen molar-refractivity contribution in [2.45, 2.75) is 13.3 Å². The second-order valence-electron chi connectivity index (χ2n) is 8.34. The van der Waals surface area contributed by atoms with Crippen molar-refractivity contribution in [3.8, 4) is 33.8 Å². The summed E-state index contributed by atoms with van der Waals surface area (Å²) in [5, 5.41) is 12.0. The Morgan fingerprint density at radius 3 is 2.75 bits per heavy atom. The Morgan fingerprint density at radius 2 is 1.89 bits per heavy atom. The van der Waals surface area contributed by atoms with E-state index in [9.17, 15) is 9.18 Å². The smallest absolute Gasteiger partial charge is 0.224 e. The van der Waals surface area contributed by atoms with Crippen molar-refractivity contribution < 1.29 is 9.18 Å². The van der Waals surface area contributed by atoms with Gasteiger partial charge in [0, 0.05) is 40.7 Å². The summed E-state index contributed by atoms with van der Waals surface area (Å²) in [4.78, 5) is 28.3. The van der Waals surface area contributed by atoms with Crippen molar-refractivity contribution in [2.75, 3.05) is 5.32 Å². The number of fused-ring (bicyclic) bond motifs is 2. The molecular weight excluding hydrogens is 457 g/mol. The Morgan fingerprint density at radius 1 is 1.00 bits per heavy atom. The topological polar surface area (TPSA) is 112 Å². The lowest BCUT2D eigenvalue weighted by Gasteiger charge is -2.06. The van der Waals surface area contributed by atoms with Crippen LogP contribution in [0.5, 0.6) is 0 Å². The van der Waals surface area contributed by atoms with E-state index in [0.717, 1.165) is 33.1 Å². The van der Waals surface area contributed by atoms with Gasteiger partial charge in [-0.2, -0.15) is 5.10 Å². The van der Waals surface area contributed by atoms with Crippen LogP contribution in [0.3, 0.4) is 0 Å². The summed E-state index contributed by atoms with van der Waals surface area (Å²) < 4.78 is 14.5. The molecule has 36 heavy (non-hydrogen) atoms. The van der Waals surface area contributed by atoms with E-state index in [1.165, 1.54) is 6.07 Å². The molecule has 0 radical (unpaired) electrons. The van der Waals surface area contributed by atoms with Gasteiger partial charge in [-0.15, -0.1) is 0 Å². The van der Waals surface area contributed by atoms with Crippen molar-refractivity contribution in [1.82, 2.24) is 30.1 Å². The minimum atomic E-state index is -0.292. The number of aromatic nitrogens is 6. The van der Waals surface area contributed by atoms with Crippen molar-refractivity contribution in [2.24, 2.45) is 0 Å². The van der Waals surface area contributed by atoms with Gasteiger partial charge in [0.2, 0.25) is 5.91 Å². The predicted octanol–water partition coefficient (Wildman–Crippen LogP) is 5.72. The zero-order valence-corrected chi connectivity index (χ0v) is 19.2. The van der Waals surface area contributed by atoms with Crippen molar-refractivity contribution >= 4 is 33.5 Å². The Bertz CT molecular complexity index is 1750. The van der Waals surface area contributed by atoms with Crippen molar-refractivity contribution in [1.29, 1.82) is 0 Å².